The van der Waals surface area contributed by atoms with Gasteiger partial charge in [0.05, 0.1) is 11.2 Å². The number of para-hydroxylation sites is 1. The van der Waals surface area contributed by atoms with Crippen LogP contribution in [0.25, 0.3) is 32.7 Å². The molecule has 0 bridgehead atoms. The second-order valence-corrected chi connectivity index (χ2v) is 8.07. The van der Waals surface area contributed by atoms with Gasteiger partial charge in [0.15, 0.2) is 0 Å². The van der Waals surface area contributed by atoms with Gasteiger partial charge >= 0.3 is 7.12 Å². The Morgan fingerprint density at radius 1 is 0.692 bits per heavy atom. The summed E-state index contributed by atoms with van der Waals surface area (Å²) in [5, 5.41) is 4.56. The molecule has 1 aliphatic heterocycles. The van der Waals surface area contributed by atoms with Crippen LogP contribution in [0, 0.1) is 0 Å². The smallest absolute Gasteiger partial charge is 0.456 e. The Labute approximate surface area is 153 Å². The van der Waals surface area contributed by atoms with Crippen LogP contribution in [-0.4, -0.2) is 18.3 Å². The van der Waals surface area contributed by atoms with Crippen LogP contribution >= 0.6 is 0 Å². The summed E-state index contributed by atoms with van der Waals surface area (Å²) in [4.78, 5) is 0. The molecule has 1 aromatic heterocycles. The molecule has 0 saturated carbocycles. The van der Waals surface area contributed by atoms with Crippen molar-refractivity contribution in [3.8, 4) is 0 Å². The lowest BCUT2D eigenvalue weighted by molar-refractivity contribution is 0.00578. The predicted molar refractivity (Wildman–Crippen MR) is 107 cm³/mol. The summed E-state index contributed by atoms with van der Waals surface area (Å²) in [5.74, 6) is 0. The Balaban J connectivity index is 1.84. The molecule has 1 fully saturated rings. The summed E-state index contributed by atoms with van der Waals surface area (Å²) in [7, 11) is -0.400. The highest BCUT2D eigenvalue weighted by atomic mass is 16.7. The van der Waals surface area contributed by atoms with Gasteiger partial charge in [0.2, 0.25) is 0 Å². The van der Waals surface area contributed by atoms with Crippen LogP contribution in [0.2, 0.25) is 0 Å². The van der Waals surface area contributed by atoms with E-state index in [0.29, 0.717) is 0 Å². The van der Waals surface area contributed by atoms with Gasteiger partial charge in [-0.05, 0) is 56.1 Å². The minimum atomic E-state index is -0.400. The van der Waals surface area contributed by atoms with E-state index in [0.717, 1.165) is 38.2 Å². The number of fused-ring (bicyclic) bond motifs is 5. The van der Waals surface area contributed by atoms with Crippen molar-refractivity contribution in [2.24, 2.45) is 0 Å². The van der Waals surface area contributed by atoms with E-state index in [1.165, 1.54) is 0 Å². The largest absolute Gasteiger partial charge is 0.495 e. The zero-order chi connectivity index (χ0) is 18.1. The molecule has 1 saturated heterocycles. The Hall–Kier alpha value is -2.30. The van der Waals surface area contributed by atoms with E-state index < -0.39 is 7.12 Å². The van der Waals surface area contributed by atoms with Crippen LogP contribution in [0.15, 0.2) is 59.0 Å². The van der Waals surface area contributed by atoms with Crippen LogP contribution in [-0.2, 0) is 9.31 Å². The van der Waals surface area contributed by atoms with Crippen LogP contribution in [0.1, 0.15) is 27.7 Å². The van der Waals surface area contributed by atoms with Crippen molar-refractivity contribution in [3.63, 3.8) is 0 Å². The number of benzene rings is 3. The number of rotatable bonds is 1. The lowest BCUT2D eigenvalue weighted by atomic mass is 9.75. The third-order valence-corrected chi connectivity index (χ3v) is 5.92. The highest BCUT2D eigenvalue weighted by Gasteiger charge is 2.52. The summed E-state index contributed by atoms with van der Waals surface area (Å²) in [6, 6.07) is 18.6. The van der Waals surface area contributed by atoms with Crippen molar-refractivity contribution >= 4 is 45.3 Å². The minimum absolute atomic E-state index is 0.369. The average Bonchev–Trinajstić information content (AvgIpc) is 3.08. The maximum absolute atomic E-state index is 6.34. The van der Waals surface area contributed by atoms with Crippen molar-refractivity contribution in [2.45, 2.75) is 38.9 Å². The highest BCUT2D eigenvalue weighted by molar-refractivity contribution is 6.66. The summed E-state index contributed by atoms with van der Waals surface area (Å²) < 4.78 is 18.8. The fourth-order valence-electron chi connectivity index (χ4n) is 3.79. The normalized spacial score (nSPS) is 19.0. The van der Waals surface area contributed by atoms with Gasteiger partial charge in [-0.15, -0.1) is 0 Å². The lowest BCUT2D eigenvalue weighted by Gasteiger charge is -2.32. The topological polar surface area (TPSA) is 31.6 Å². The average molecular weight is 344 g/mol. The molecule has 0 radical (unpaired) electrons. The van der Waals surface area contributed by atoms with Crippen molar-refractivity contribution in [2.75, 3.05) is 0 Å². The molecule has 0 spiro atoms. The fourth-order valence-corrected chi connectivity index (χ4v) is 3.79. The maximum Gasteiger partial charge on any atom is 0.495 e. The van der Waals surface area contributed by atoms with Gasteiger partial charge in [-0.2, -0.15) is 0 Å². The molecular formula is C22H21BO3. The fraction of sp³-hybridized carbons (Fsp3) is 0.273. The van der Waals surface area contributed by atoms with E-state index >= 15 is 0 Å². The molecule has 0 amide bonds. The molecule has 4 aromatic rings. The zero-order valence-corrected chi connectivity index (χ0v) is 15.5. The Bertz CT molecular complexity index is 1140. The first kappa shape index (κ1) is 15.9. The van der Waals surface area contributed by atoms with Crippen molar-refractivity contribution in [1.29, 1.82) is 0 Å². The molecule has 4 heteroatoms. The Morgan fingerprint density at radius 3 is 2.19 bits per heavy atom. The van der Waals surface area contributed by atoms with Gasteiger partial charge in [0.1, 0.15) is 11.2 Å². The molecule has 1 aliphatic rings. The summed E-state index contributed by atoms with van der Waals surface area (Å²) in [6.45, 7) is 8.34. The Morgan fingerprint density at radius 2 is 1.42 bits per heavy atom. The SMILES string of the molecule is CC1(C)OB(c2cccc3ccc4oc5ccccc5c4c23)OC1(C)C. The molecule has 5 rings (SSSR count). The molecule has 3 aromatic carbocycles. The quantitative estimate of drug-likeness (QED) is 0.454. The molecule has 0 unspecified atom stereocenters. The monoisotopic (exact) mass is 344 g/mol. The summed E-state index contributed by atoms with van der Waals surface area (Å²) >= 11 is 0. The van der Waals surface area contributed by atoms with Crippen LogP contribution in [0.5, 0.6) is 0 Å². The number of hydrogen-bond acceptors (Lipinski definition) is 3. The van der Waals surface area contributed by atoms with Gasteiger partial charge in [0.25, 0.3) is 0 Å². The van der Waals surface area contributed by atoms with Gasteiger partial charge in [-0.25, -0.2) is 0 Å². The highest BCUT2D eigenvalue weighted by Crippen LogP contribution is 2.39. The minimum Gasteiger partial charge on any atom is -0.456 e. The standard InChI is InChI=1S/C22H21BO3/c1-21(2)22(3,4)26-23(25-21)16-10-7-8-14-12-13-18-20(19(14)16)15-9-5-6-11-17(15)24-18/h5-13H,1-4H3. The van der Waals surface area contributed by atoms with E-state index in [2.05, 4.69) is 58.0 Å². The first-order valence-electron chi connectivity index (χ1n) is 9.06. The maximum atomic E-state index is 6.34. The molecule has 0 aliphatic carbocycles. The number of hydrogen-bond donors (Lipinski definition) is 0. The van der Waals surface area contributed by atoms with Crippen LogP contribution in [0.4, 0.5) is 0 Å². The van der Waals surface area contributed by atoms with E-state index in [1.807, 2.05) is 24.3 Å². The van der Waals surface area contributed by atoms with E-state index in [4.69, 9.17) is 13.7 Å². The molecule has 0 atom stereocenters. The third kappa shape index (κ3) is 2.09. The molecule has 2 heterocycles. The second kappa shape index (κ2) is 5.12. The first-order chi connectivity index (χ1) is 12.4. The number of furan rings is 1. The van der Waals surface area contributed by atoms with Crippen LogP contribution in [0.3, 0.4) is 0 Å². The molecule has 0 N–H and O–H groups in total. The van der Waals surface area contributed by atoms with Gasteiger partial charge in [-0.3, -0.25) is 0 Å². The van der Waals surface area contributed by atoms with Crippen LogP contribution < -0.4 is 5.46 Å². The lowest BCUT2D eigenvalue weighted by Crippen LogP contribution is -2.41. The predicted octanol–water partition coefficient (Wildman–Crippen LogP) is 5.04. The molecule has 130 valence electrons. The van der Waals surface area contributed by atoms with E-state index in [9.17, 15) is 0 Å². The zero-order valence-electron chi connectivity index (χ0n) is 15.5. The third-order valence-electron chi connectivity index (χ3n) is 5.92. The molecule has 26 heavy (non-hydrogen) atoms. The van der Waals surface area contributed by atoms with E-state index in [1.54, 1.807) is 0 Å². The van der Waals surface area contributed by atoms with Gasteiger partial charge in [0, 0.05) is 10.8 Å². The second-order valence-electron chi connectivity index (χ2n) is 8.07. The van der Waals surface area contributed by atoms with Gasteiger partial charge in [-0.1, -0.05) is 42.5 Å². The van der Waals surface area contributed by atoms with Crippen molar-refractivity contribution < 1.29 is 13.7 Å². The summed E-state index contributed by atoms with van der Waals surface area (Å²) in [6.07, 6.45) is 0. The summed E-state index contributed by atoms with van der Waals surface area (Å²) in [5.41, 5.74) is 2.11. The first-order valence-corrected chi connectivity index (χ1v) is 9.06. The molecule has 3 nitrogen and oxygen atoms in total. The van der Waals surface area contributed by atoms with Crippen molar-refractivity contribution in [1.82, 2.24) is 0 Å². The Kier molecular flexibility index (Phi) is 3.14. The molecular weight excluding hydrogens is 323 g/mol. The van der Waals surface area contributed by atoms with E-state index in [-0.39, 0.29) is 11.2 Å². The van der Waals surface area contributed by atoms with Gasteiger partial charge < -0.3 is 13.7 Å². The van der Waals surface area contributed by atoms with Crippen molar-refractivity contribution in [3.05, 3.63) is 54.6 Å².